The van der Waals surface area contributed by atoms with E-state index in [9.17, 15) is 5.11 Å². The first-order valence-electron chi connectivity index (χ1n) is 5.76. The monoisotopic (exact) mass is 282 g/mol. The summed E-state index contributed by atoms with van der Waals surface area (Å²) in [6, 6.07) is 3.33. The Hall–Kier alpha value is -1.66. The van der Waals surface area contributed by atoms with Crippen LogP contribution in [0.3, 0.4) is 0 Å². The average molecular weight is 283 g/mol. The SMILES string of the molecule is COc1ccc(C(O)Cc2c(Cl)c(C)nn2C)nn1. The highest BCUT2D eigenvalue weighted by Gasteiger charge is 2.18. The minimum absolute atomic E-state index is 0.331. The number of aryl methyl sites for hydroxylation is 2. The van der Waals surface area contributed by atoms with E-state index < -0.39 is 6.10 Å². The van der Waals surface area contributed by atoms with Gasteiger partial charge in [-0.15, -0.1) is 10.2 Å². The van der Waals surface area contributed by atoms with E-state index in [-0.39, 0.29) is 0 Å². The third-order valence-corrected chi connectivity index (χ3v) is 3.35. The highest BCUT2D eigenvalue weighted by Crippen LogP contribution is 2.24. The topological polar surface area (TPSA) is 73.1 Å². The summed E-state index contributed by atoms with van der Waals surface area (Å²) in [5.41, 5.74) is 1.98. The van der Waals surface area contributed by atoms with Crippen LogP contribution in [0, 0.1) is 6.92 Å². The molecule has 1 unspecified atom stereocenters. The first kappa shape index (κ1) is 13.8. The molecule has 0 radical (unpaired) electrons. The fraction of sp³-hybridized carbons (Fsp3) is 0.417. The summed E-state index contributed by atoms with van der Waals surface area (Å²) in [5, 5.41) is 22.7. The predicted molar refractivity (Wildman–Crippen MR) is 70.2 cm³/mol. The van der Waals surface area contributed by atoms with Gasteiger partial charge < -0.3 is 9.84 Å². The van der Waals surface area contributed by atoms with E-state index in [1.54, 1.807) is 23.9 Å². The molecule has 102 valence electrons. The maximum Gasteiger partial charge on any atom is 0.233 e. The maximum atomic E-state index is 10.2. The Morgan fingerprint density at radius 1 is 1.42 bits per heavy atom. The van der Waals surface area contributed by atoms with Gasteiger partial charge in [0.05, 0.1) is 29.2 Å². The molecule has 0 saturated carbocycles. The molecule has 2 rings (SSSR count). The van der Waals surface area contributed by atoms with Crippen LogP contribution < -0.4 is 4.74 Å². The fourth-order valence-corrected chi connectivity index (χ4v) is 2.04. The number of ether oxygens (including phenoxy) is 1. The minimum Gasteiger partial charge on any atom is -0.480 e. The summed E-state index contributed by atoms with van der Waals surface area (Å²) in [7, 11) is 3.30. The van der Waals surface area contributed by atoms with Crippen molar-refractivity contribution in [2.24, 2.45) is 7.05 Å². The Balaban J connectivity index is 2.17. The lowest BCUT2D eigenvalue weighted by molar-refractivity contribution is 0.169. The Morgan fingerprint density at radius 3 is 2.63 bits per heavy atom. The summed E-state index contributed by atoms with van der Waals surface area (Å²) >= 11 is 6.14. The number of aliphatic hydroxyl groups excluding tert-OH is 1. The molecule has 6 nitrogen and oxygen atoms in total. The largest absolute Gasteiger partial charge is 0.480 e. The molecule has 0 aliphatic heterocycles. The standard InChI is InChI=1S/C12H15ClN4O2/c1-7-12(13)9(17(2)16-7)6-10(18)8-4-5-11(19-3)15-14-8/h4-5,10,18H,6H2,1-3H3. The smallest absolute Gasteiger partial charge is 0.233 e. The summed E-state index contributed by atoms with van der Waals surface area (Å²) in [6.07, 6.45) is -0.456. The molecule has 0 amide bonds. The van der Waals surface area contributed by atoms with Crippen LogP contribution in [-0.4, -0.2) is 32.2 Å². The van der Waals surface area contributed by atoms with Crippen LogP contribution in [0.25, 0.3) is 0 Å². The summed E-state index contributed by atoms with van der Waals surface area (Å²) in [6.45, 7) is 1.82. The lowest BCUT2D eigenvalue weighted by Gasteiger charge is -2.10. The zero-order valence-electron chi connectivity index (χ0n) is 11.0. The molecule has 1 atom stereocenters. The van der Waals surface area contributed by atoms with Crippen molar-refractivity contribution in [2.75, 3.05) is 7.11 Å². The number of methoxy groups -OCH3 is 1. The van der Waals surface area contributed by atoms with Gasteiger partial charge in [-0.05, 0) is 13.0 Å². The normalized spacial score (nSPS) is 12.5. The molecule has 0 fully saturated rings. The molecule has 0 aliphatic carbocycles. The van der Waals surface area contributed by atoms with Crippen LogP contribution in [0.15, 0.2) is 12.1 Å². The van der Waals surface area contributed by atoms with Crippen LogP contribution in [0.5, 0.6) is 5.88 Å². The van der Waals surface area contributed by atoms with Gasteiger partial charge in [-0.1, -0.05) is 11.6 Å². The van der Waals surface area contributed by atoms with Gasteiger partial charge in [0.1, 0.15) is 6.10 Å². The van der Waals surface area contributed by atoms with Gasteiger partial charge >= 0.3 is 0 Å². The lowest BCUT2D eigenvalue weighted by Crippen LogP contribution is -2.09. The van der Waals surface area contributed by atoms with Crippen LogP contribution in [0.1, 0.15) is 23.2 Å². The van der Waals surface area contributed by atoms with Crippen molar-refractivity contribution in [3.8, 4) is 5.88 Å². The van der Waals surface area contributed by atoms with E-state index in [0.717, 1.165) is 11.4 Å². The third-order valence-electron chi connectivity index (χ3n) is 2.86. The molecule has 2 aromatic heterocycles. The highest BCUT2D eigenvalue weighted by atomic mass is 35.5. The van der Waals surface area contributed by atoms with Crippen LogP contribution in [0.4, 0.5) is 0 Å². The number of aliphatic hydroxyl groups is 1. The van der Waals surface area contributed by atoms with Crippen LogP contribution >= 0.6 is 11.6 Å². The first-order valence-corrected chi connectivity index (χ1v) is 6.14. The van der Waals surface area contributed by atoms with E-state index in [1.807, 2.05) is 6.92 Å². The van der Waals surface area contributed by atoms with E-state index >= 15 is 0 Å². The van der Waals surface area contributed by atoms with Gasteiger partial charge in [-0.3, -0.25) is 4.68 Å². The van der Waals surface area contributed by atoms with Crippen LogP contribution in [0.2, 0.25) is 5.02 Å². The van der Waals surface area contributed by atoms with Crippen molar-refractivity contribution in [3.05, 3.63) is 34.2 Å². The number of aromatic nitrogens is 4. The van der Waals surface area contributed by atoms with Crippen molar-refractivity contribution in [3.63, 3.8) is 0 Å². The molecular weight excluding hydrogens is 268 g/mol. The second-order valence-corrected chi connectivity index (χ2v) is 4.57. The zero-order valence-corrected chi connectivity index (χ0v) is 11.7. The van der Waals surface area contributed by atoms with Gasteiger partial charge in [-0.2, -0.15) is 5.10 Å². The molecule has 19 heavy (non-hydrogen) atoms. The predicted octanol–water partition coefficient (Wildman–Crippen LogP) is 1.46. The Bertz CT molecular complexity index is 568. The summed E-state index contributed by atoms with van der Waals surface area (Å²) in [4.78, 5) is 0. The molecule has 0 aromatic carbocycles. The lowest BCUT2D eigenvalue weighted by atomic mass is 10.1. The van der Waals surface area contributed by atoms with Crippen molar-refractivity contribution in [2.45, 2.75) is 19.4 Å². The Kier molecular flexibility index (Phi) is 4.01. The van der Waals surface area contributed by atoms with Gasteiger partial charge in [0, 0.05) is 19.5 Å². The van der Waals surface area contributed by atoms with Crippen LogP contribution in [-0.2, 0) is 13.5 Å². The van der Waals surface area contributed by atoms with E-state index in [2.05, 4.69) is 15.3 Å². The zero-order chi connectivity index (χ0) is 14.0. The number of rotatable bonds is 4. The number of nitrogens with zero attached hydrogens (tertiary/aromatic N) is 4. The average Bonchev–Trinajstić information content (AvgIpc) is 2.65. The second kappa shape index (κ2) is 5.54. The van der Waals surface area contributed by atoms with E-state index in [1.165, 1.54) is 7.11 Å². The quantitative estimate of drug-likeness (QED) is 0.919. The molecule has 7 heteroatoms. The number of hydrogen-bond acceptors (Lipinski definition) is 5. The molecule has 2 aromatic rings. The van der Waals surface area contributed by atoms with E-state index in [4.69, 9.17) is 16.3 Å². The van der Waals surface area contributed by atoms with Gasteiger partial charge in [-0.25, -0.2) is 0 Å². The third kappa shape index (κ3) is 2.85. The molecule has 2 heterocycles. The van der Waals surface area contributed by atoms with Gasteiger partial charge in [0.15, 0.2) is 0 Å². The molecule has 0 bridgehead atoms. The molecule has 0 aliphatic rings. The van der Waals surface area contributed by atoms with Crippen molar-refractivity contribution < 1.29 is 9.84 Å². The minimum atomic E-state index is -0.786. The molecular formula is C12H15ClN4O2. The van der Waals surface area contributed by atoms with Crippen molar-refractivity contribution in [1.29, 1.82) is 0 Å². The summed E-state index contributed by atoms with van der Waals surface area (Å²) in [5.74, 6) is 0.408. The van der Waals surface area contributed by atoms with E-state index in [0.29, 0.717) is 23.0 Å². The Labute approximate surface area is 116 Å². The van der Waals surface area contributed by atoms with Crippen molar-refractivity contribution >= 4 is 11.6 Å². The number of hydrogen-bond donors (Lipinski definition) is 1. The summed E-state index contributed by atoms with van der Waals surface area (Å²) < 4.78 is 6.58. The second-order valence-electron chi connectivity index (χ2n) is 4.19. The first-order chi connectivity index (χ1) is 9.02. The molecule has 0 saturated heterocycles. The fourth-order valence-electron chi connectivity index (χ4n) is 1.81. The maximum absolute atomic E-state index is 10.2. The number of halogens is 1. The van der Waals surface area contributed by atoms with Gasteiger partial charge in [0.25, 0.3) is 0 Å². The highest BCUT2D eigenvalue weighted by molar-refractivity contribution is 6.31. The molecule has 0 spiro atoms. The van der Waals surface area contributed by atoms with Gasteiger partial charge in [0.2, 0.25) is 5.88 Å². The Morgan fingerprint density at radius 2 is 2.16 bits per heavy atom. The molecule has 1 N–H and O–H groups in total. The van der Waals surface area contributed by atoms with Crippen molar-refractivity contribution in [1.82, 2.24) is 20.0 Å².